The molecular formula is C17H6Cl6FN. The lowest BCUT2D eigenvalue weighted by molar-refractivity contribution is 0.633. The van der Waals surface area contributed by atoms with E-state index in [1.54, 1.807) is 12.1 Å². The first-order chi connectivity index (χ1) is 11.8. The maximum Gasteiger partial charge on any atom is 0.142 e. The Morgan fingerprint density at radius 3 is 1.36 bits per heavy atom. The summed E-state index contributed by atoms with van der Waals surface area (Å²) in [5.41, 5.74) is 1.03. The highest BCUT2D eigenvalue weighted by Gasteiger charge is 2.20. The molecule has 0 bridgehead atoms. The quantitative estimate of drug-likeness (QED) is 0.353. The summed E-state index contributed by atoms with van der Waals surface area (Å²) >= 11 is 36.3. The third kappa shape index (κ3) is 3.44. The number of benzene rings is 2. The van der Waals surface area contributed by atoms with Gasteiger partial charge in [0.2, 0.25) is 0 Å². The normalized spacial score (nSPS) is 11.0. The fraction of sp³-hybridized carbons (Fsp3) is 0. The van der Waals surface area contributed by atoms with E-state index in [0.717, 1.165) is 0 Å². The SMILES string of the molecule is Fc1c(-c2ccc(Cl)c(Cl)c2Cl)cncc1-c1ccc(Cl)c(Cl)c1Cl. The highest BCUT2D eigenvalue weighted by molar-refractivity contribution is 6.50. The molecule has 8 heteroatoms. The fourth-order valence-corrected chi connectivity index (χ4v) is 3.56. The van der Waals surface area contributed by atoms with Crippen molar-refractivity contribution in [3.63, 3.8) is 0 Å². The van der Waals surface area contributed by atoms with E-state index >= 15 is 4.39 Å². The highest BCUT2D eigenvalue weighted by Crippen LogP contribution is 2.42. The van der Waals surface area contributed by atoms with Crippen molar-refractivity contribution in [2.24, 2.45) is 0 Å². The molecule has 0 fully saturated rings. The molecule has 0 aliphatic rings. The van der Waals surface area contributed by atoms with Crippen LogP contribution in [0.3, 0.4) is 0 Å². The summed E-state index contributed by atoms with van der Waals surface area (Å²) < 4.78 is 15.2. The topological polar surface area (TPSA) is 12.9 Å². The highest BCUT2D eigenvalue weighted by atomic mass is 35.5. The predicted octanol–water partition coefficient (Wildman–Crippen LogP) is 8.48. The van der Waals surface area contributed by atoms with Gasteiger partial charge in [-0.15, -0.1) is 0 Å². The molecule has 0 aliphatic carbocycles. The molecule has 0 spiro atoms. The van der Waals surface area contributed by atoms with Gasteiger partial charge >= 0.3 is 0 Å². The number of hydrogen-bond donors (Lipinski definition) is 0. The van der Waals surface area contributed by atoms with Gasteiger partial charge in [0.05, 0.1) is 30.1 Å². The van der Waals surface area contributed by atoms with Crippen LogP contribution < -0.4 is 0 Å². The first kappa shape index (κ1) is 19.0. The van der Waals surface area contributed by atoms with Gasteiger partial charge in [-0.1, -0.05) is 81.7 Å². The van der Waals surface area contributed by atoms with Crippen LogP contribution in [0.25, 0.3) is 22.3 Å². The summed E-state index contributed by atoms with van der Waals surface area (Å²) in [5, 5.41) is 1.08. The molecule has 3 rings (SSSR count). The largest absolute Gasteiger partial charge is 0.263 e. The summed E-state index contributed by atoms with van der Waals surface area (Å²) in [6.07, 6.45) is 2.69. The molecule has 0 saturated carbocycles. The number of pyridine rings is 1. The number of hydrogen-bond acceptors (Lipinski definition) is 1. The number of halogens is 7. The van der Waals surface area contributed by atoms with E-state index < -0.39 is 5.82 Å². The minimum atomic E-state index is -0.574. The van der Waals surface area contributed by atoms with Crippen molar-refractivity contribution in [2.45, 2.75) is 0 Å². The maximum atomic E-state index is 15.2. The molecule has 1 aromatic heterocycles. The van der Waals surface area contributed by atoms with E-state index in [0.29, 0.717) is 11.1 Å². The Hall–Kier alpha value is -0.740. The first-order valence-electron chi connectivity index (χ1n) is 6.74. The molecular weight excluding hydrogens is 450 g/mol. The lowest BCUT2D eigenvalue weighted by Gasteiger charge is -2.13. The van der Waals surface area contributed by atoms with Crippen molar-refractivity contribution in [2.75, 3.05) is 0 Å². The molecule has 3 aromatic rings. The minimum absolute atomic E-state index is 0.132. The van der Waals surface area contributed by atoms with Gasteiger partial charge in [0.25, 0.3) is 0 Å². The molecule has 0 radical (unpaired) electrons. The number of nitrogens with zero attached hydrogens (tertiary/aromatic N) is 1. The van der Waals surface area contributed by atoms with Crippen molar-refractivity contribution in [1.82, 2.24) is 4.98 Å². The van der Waals surface area contributed by atoms with Gasteiger partial charge < -0.3 is 0 Å². The van der Waals surface area contributed by atoms with E-state index in [1.807, 2.05) is 0 Å². The third-order valence-electron chi connectivity index (χ3n) is 3.53. The zero-order valence-corrected chi connectivity index (χ0v) is 16.6. The number of rotatable bonds is 2. The van der Waals surface area contributed by atoms with Crippen LogP contribution in [0.1, 0.15) is 0 Å². The van der Waals surface area contributed by atoms with E-state index in [1.165, 1.54) is 24.5 Å². The Morgan fingerprint density at radius 1 is 0.560 bits per heavy atom. The van der Waals surface area contributed by atoms with Crippen LogP contribution in [-0.4, -0.2) is 4.98 Å². The molecule has 25 heavy (non-hydrogen) atoms. The second kappa shape index (κ2) is 7.48. The number of aromatic nitrogens is 1. The van der Waals surface area contributed by atoms with Gasteiger partial charge in [-0.05, 0) is 12.1 Å². The van der Waals surface area contributed by atoms with Gasteiger partial charge in [-0.3, -0.25) is 4.98 Å². The Labute approximate surface area is 173 Å². The van der Waals surface area contributed by atoms with Crippen molar-refractivity contribution < 1.29 is 4.39 Å². The standard InChI is InChI=1S/C17H6Cl6FN/c18-11-3-1-7(13(20)15(11)22)9-5-25-6-10(17(9)24)8-2-4-12(19)16(23)14(8)21/h1-6H. The van der Waals surface area contributed by atoms with E-state index in [2.05, 4.69) is 4.98 Å². The maximum absolute atomic E-state index is 15.2. The lowest BCUT2D eigenvalue weighted by Crippen LogP contribution is -1.94. The van der Waals surface area contributed by atoms with Crippen molar-refractivity contribution in [1.29, 1.82) is 0 Å². The first-order valence-corrected chi connectivity index (χ1v) is 9.01. The van der Waals surface area contributed by atoms with Crippen LogP contribution in [0.15, 0.2) is 36.7 Å². The third-order valence-corrected chi connectivity index (χ3v) is 6.12. The molecule has 0 atom stereocenters. The summed E-state index contributed by atoms with van der Waals surface area (Å²) in [6, 6.07) is 6.19. The zero-order chi connectivity index (χ0) is 18.3. The van der Waals surface area contributed by atoms with Crippen LogP contribution in [0.5, 0.6) is 0 Å². The van der Waals surface area contributed by atoms with Gasteiger partial charge in [0.1, 0.15) is 5.82 Å². The zero-order valence-electron chi connectivity index (χ0n) is 12.1. The molecule has 1 heterocycles. The van der Waals surface area contributed by atoms with Crippen molar-refractivity contribution in [3.8, 4) is 22.3 Å². The Kier molecular flexibility index (Phi) is 5.69. The average Bonchev–Trinajstić information content (AvgIpc) is 2.59. The van der Waals surface area contributed by atoms with E-state index in [-0.39, 0.29) is 41.3 Å². The van der Waals surface area contributed by atoms with Gasteiger partial charge in [0.15, 0.2) is 0 Å². The van der Waals surface area contributed by atoms with E-state index in [9.17, 15) is 0 Å². The Morgan fingerprint density at radius 2 is 0.960 bits per heavy atom. The monoisotopic (exact) mass is 453 g/mol. The Bertz CT molecular complexity index is 914. The van der Waals surface area contributed by atoms with Gasteiger partial charge in [-0.25, -0.2) is 4.39 Å². The van der Waals surface area contributed by atoms with E-state index in [4.69, 9.17) is 69.6 Å². The van der Waals surface area contributed by atoms with Crippen LogP contribution in [0.2, 0.25) is 30.1 Å². The molecule has 128 valence electrons. The van der Waals surface area contributed by atoms with Crippen LogP contribution in [0, 0.1) is 5.82 Å². The second-order valence-corrected chi connectivity index (χ2v) is 7.32. The molecule has 0 N–H and O–H groups in total. The molecule has 0 aliphatic heterocycles. The Balaban J connectivity index is 2.24. The smallest absolute Gasteiger partial charge is 0.142 e. The van der Waals surface area contributed by atoms with Crippen LogP contribution in [0.4, 0.5) is 4.39 Å². The summed E-state index contributed by atoms with van der Waals surface area (Å²) in [4.78, 5) is 4.08. The molecule has 1 nitrogen and oxygen atoms in total. The second-order valence-electron chi connectivity index (χ2n) is 4.99. The lowest BCUT2D eigenvalue weighted by atomic mass is 10.0. The van der Waals surface area contributed by atoms with Crippen molar-refractivity contribution in [3.05, 3.63) is 72.6 Å². The van der Waals surface area contributed by atoms with Crippen molar-refractivity contribution >= 4 is 69.6 Å². The molecule has 0 amide bonds. The molecule has 0 saturated heterocycles. The molecule has 0 unspecified atom stereocenters. The summed E-state index contributed by atoms with van der Waals surface area (Å²) in [7, 11) is 0. The van der Waals surface area contributed by atoms with Gasteiger partial charge in [0, 0.05) is 34.6 Å². The predicted molar refractivity (Wildman–Crippen MR) is 105 cm³/mol. The summed E-state index contributed by atoms with van der Waals surface area (Å²) in [6.45, 7) is 0. The fourth-order valence-electron chi connectivity index (χ4n) is 2.29. The molecule has 2 aromatic carbocycles. The van der Waals surface area contributed by atoms with Crippen LogP contribution in [-0.2, 0) is 0 Å². The minimum Gasteiger partial charge on any atom is -0.263 e. The summed E-state index contributed by atoms with van der Waals surface area (Å²) in [5.74, 6) is -0.574. The average molecular weight is 456 g/mol. The van der Waals surface area contributed by atoms with Gasteiger partial charge in [-0.2, -0.15) is 0 Å². The van der Waals surface area contributed by atoms with Crippen LogP contribution >= 0.6 is 69.6 Å².